The van der Waals surface area contributed by atoms with Crippen LogP contribution in [0.4, 0.5) is 10.2 Å². The number of unbranched alkanes of at least 4 members (excludes halogenated alkanes) is 1. The quantitative estimate of drug-likeness (QED) is 0.0482. The van der Waals surface area contributed by atoms with Gasteiger partial charge in [0.05, 0.1) is 19.0 Å². The molecule has 3 rings (SSSR count). The van der Waals surface area contributed by atoms with Crippen LogP contribution in [0.15, 0.2) is 97.7 Å². The Bertz CT molecular complexity index is 1640. The zero-order valence-corrected chi connectivity index (χ0v) is 30.0. The number of nitrogens with one attached hydrogen (secondary N) is 2. The molecular weight excluding hydrogens is 656 g/mol. The molecule has 50 heavy (non-hydrogen) atoms. The summed E-state index contributed by atoms with van der Waals surface area (Å²) in [5.41, 5.74) is 6.93. The largest absolute Gasteiger partial charge is 0.431 e. The first-order valence-corrected chi connectivity index (χ1v) is 18.9. The van der Waals surface area contributed by atoms with Gasteiger partial charge in [-0.2, -0.15) is 0 Å². The van der Waals surface area contributed by atoms with Crippen molar-refractivity contribution < 1.29 is 23.0 Å². The molecule has 2 aromatic heterocycles. The average Bonchev–Trinajstić information content (AvgIpc) is 3.52. The van der Waals surface area contributed by atoms with Gasteiger partial charge < -0.3 is 24.9 Å². The van der Waals surface area contributed by atoms with Crippen molar-refractivity contribution in [2.24, 2.45) is 0 Å². The van der Waals surface area contributed by atoms with Crippen LogP contribution in [0.3, 0.4) is 0 Å². The number of amides is 1. The highest BCUT2D eigenvalue weighted by atomic mass is 31.2. The summed E-state index contributed by atoms with van der Waals surface area (Å²) in [4.78, 5) is 24.8. The molecule has 2 atom stereocenters. The van der Waals surface area contributed by atoms with Gasteiger partial charge in [0, 0.05) is 19.5 Å². The lowest BCUT2D eigenvalue weighted by molar-refractivity contribution is -0.121. The van der Waals surface area contributed by atoms with Crippen LogP contribution in [-0.2, 0) is 20.6 Å². The van der Waals surface area contributed by atoms with Crippen LogP contribution in [0.25, 0.3) is 11.2 Å². The summed E-state index contributed by atoms with van der Waals surface area (Å²) in [5, 5.41) is 5.76. The molecule has 4 N–H and O–H groups in total. The molecule has 0 saturated carbocycles. The number of hydrogen-bond acceptors (Lipinski definition) is 8. The van der Waals surface area contributed by atoms with Crippen molar-refractivity contribution in [3.8, 4) is 5.75 Å². The Labute approximate surface area is 295 Å². The predicted molar refractivity (Wildman–Crippen MR) is 199 cm³/mol. The molecule has 1 unspecified atom stereocenters. The molecule has 0 fully saturated rings. The van der Waals surface area contributed by atoms with Crippen LogP contribution < -0.4 is 20.7 Å². The fraction of sp³-hybridized carbons (Fsp3) is 0.405. The summed E-state index contributed by atoms with van der Waals surface area (Å²) in [6.07, 6.45) is 30.6. The summed E-state index contributed by atoms with van der Waals surface area (Å²) >= 11 is 0. The Morgan fingerprint density at radius 1 is 0.940 bits per heavy atom. The highest BCUT2D eigenvalue weighted by Gasteiger charge is 2.26. The second-order valence-corrected chi connectivity index (χ2v) is 13.6. The summed E-state index contributed by atoms with van der Waals surface area (Å²) in [7, 11) is -3.61. The number of nitrogens with two attached hydrogens (primary N) is 1. The number of nitrogen functional groups attached to an aromatic ring is 1. The predicted octanol–water partition coefficient (Wildman–Crippen LogP) is 7.81. The van der Waals surface area contributed by atoms with Crippen LogP contribution in [-0.4, -0.2) is 51.0 Å². The third kappa shape index (κ3) is 15.9. The molecule has 11 nitrogen and oxygen atoms in total. The van der Waals surface area contributed by atoms with E-state index in [2.05, 4.69) is 93.0 Å². The van der Waals surface area contributed by atoms with E-state index in [1.807, 2.05) is 6.92 Å². The van der Waals surface area contributed by atoms with E-state index in [1.54, 1.807) is 10.9 Å². The van der Waals surface area contributed by atoms with Crippen molar-refractivity contribution in [3.63, 3.8) is 0 Å². The molecule has 1 amide bonds. The van der Waals surface area contributed by atoms with Gasteiger partial charge in [0.2, 0.25) is 5.91 Å². The number of allylic oxidation sites excluding steroid dienone is 10. The molecule has 0 aliphatic rings. The minimum atomic E-state index is -3.61. The number of fused-ring (bicyclic) bond motifs is 1. The SMILES string of the molecule is CC/C=C\C/C=C\C/C=C\C/C=C\C/C=C\CCCC(=O)NCCNP(=O)(CO[C@H](C)Cn1cnc2c(N)ncnc21)Oc1ccc(F)cc1. The molecule has 270 valence electrons. The lowest BCUT2D eigenvalue weighted by Gasteiger charge is -2.23. The number of carbonyl (C=O) groups is 1. The summed E-state index contributed by atoms with van der Waals surface area (Å²) in [5.74, 6) is -0.0205. The maximum atomic E-state index is 13.8. The normalized spacial score (nSPS) is 14.1. The summed E-state index contributed by atoms with van der Waals surface area (Å²) in [6, 6.07) is 5.24. The monoisotopic (exact) mass is 707 g/mol. The van der Waals surface area contributed by atoms with E-state index >= 15 is 0 Å². The number of aromatic nitrogens is 4. The van der Waals surface area contributed by atoms with E-state index in [-0.39, 0.29) is 36.9 Å². The second kappa shape index (κ2) is 23.1. The van der Waals surface area contributed by atoms with Crippen molar-refractivity contribution in [2.75, 3.05) is 25.2 Å². The molecule has 0 bridgehead atoms. The Morgan fingerprint density at radius 2 is 1.58 bits per heavy atom. The third-order valence-electron chi connectivity index (χ3n) is 7.21. The van der Waals surface area contributed by atoms with Gasteiger partial charge in [-0.1, -0.05) is 67.7 Å². The van der Waals surface area contributed by atoms with E-state index in [0.29, 0.717) is 24.1 Å². The van der Waals surface area contributed by atoms with Crippen molar-refractivity contribution in [1.82, 2.24) is 29.9 Å². The van der Waals surface area contributed by atoms with E-state index in [0.717, 1.165) is 44.9 Å². The van der Waals surface area contributed by atoms with Gasteiger partial charge in [0.25, 0.3) is 0 Å². The summed E-state index contributed by atoms with van der Waals surface area (Å²) < 4.78 is 40.7. The van der Waals surface area contributed by atoms with Crippen LogP contribution in [0.1, 0.15) is 65.2 Å². The minimum absolute atomic E-state index is 0.0877. The van der Waals surface area contributed by atoms with Crippen LogP contribution >= 0.6 is 7.52 Å². The van der Waals surface area contributed by atoms with Gasteiger partial charge in [0.15, 0.2) is 11.5 Å². The number of ether oxygens (including phenoxy) is 1. The Balaban J connectivity index is 1.33. The van der Waals surface area contributed by atoms with Gasteiger partial charge in [-0.25, -0.2) is 24.4 Å². The van der Waals surface area contributed by atoms with E-state index in [4.69, 9.17) is 15.0 Å². The number of halogens is 1. The van der Waals surface area contributed by atoms with Crippen molar-refractivity contribution in [3.05, 3.63) is 103 Å². The van der Waals surface area contributed by atoms with Gasteiger partial charge in [-0.05, 0) is 76.1 Å². The molecule has 3 aromatic rings. The lowest BCUT2D eigenvalue weighted by atomic mass is 10.2. The van der Waals surface area contributed by atoms with Crippen LogP contribution in [0.5, 0.6) is 5.75 Å². The maximum Gasteiger partial charge on any atom is 0.341 e. The molecule has 0 radical (unpaired) electrons. The zero-order valence-electron chi connectivity index (χ0n) is 29.1. The standard InChI is InChI=1S/C37H51FN7O4P/c1-3-4-5-6-7-8-9-10-11-12-13-14-15-16-17-18-19-20-34(46)40-25-26-44-50(47,49-33-23-21-32(38)22-24-33)30-48-31(2)27-45-29-43-35-36(39)41-28-42-37(35)45/h4-5,7-8,10-11,13-14,16-17,21-24,28-29,31H,3,6,9,12,15,18-20,25-27,30H2,1-2H3,(H,40,46)(H,44,47)(H2,39,41,42)/b5-4-,8-7-,11-10-,14-13-,17-16-/t31-,50?/m1/s1. The van der Waals surface area contributed by atoms with Gasteiger partial charge >= 0.3 is 7.52 Å². The number of nitrogens with zero attached hydrogens (tertiary/aromatic N) is 4. The van der Waals surface area contributed by atoms with Gasteiger partial charge in [-0.15, -0.1) is 0 Å². The van der Waals surface area contributed by atoms with E-state index in [1.165, 1.54) is 30.6 Å². The third-order valence-corrected chi connectivity index (χ3v) is 8.91. The maximum absolute atomic E-state index is 13.8. The number of imidazole rings is 1. The zero-order chi connectivity index (χ0) is 35.9. The fourth-order valence-corrected chi connectivity index (χ4v) is 6.20. The first kappa shape index (κ1) is 40.1. The van der Waals surface area contributed by atoms with Crippen molar-refractivity contribution in [2.45, 2.75) is 77.9 Å². The van der Waals surface area contributed by atoms with Crippen molar-refractivity contribution >= 4 is 30.4 Å². The first-order valence-electron chi connectivity index (χ1n) is 17.1. The highest BCUT2D eigenvalue weighted by Crippen LogP contribution is 2.43. The lowest BCUT2D eigenvalue weighted by Crippen LogP contribution is -2.32. The number of carbonyl (C=O) groups excluding carboxylic acids is 1. The number of hydrogen-bond donors (Lipinski definition) is 3. The van der Waals surface area contributed by atoms with Crippen molar-refractivity contribution in [1.29, 1.82) is 0 Å². The Hall–Kier alpha value is -4.38. The molecule has 1 aromatic carbocycles. The average molecular weight is 708 g/mol. The molecule has 0 saturated heterocycles. The highest BCUT2D eigenvalue weighted by molar-refractivity contribution is 7.57. The smallest absolute Gasteiger partial charge is 0.341 e. The molecule has 0 spiro atoms. The molecule has 0 aliphatic carbocycles. The number of anilines is 1. The Kier molecular flexibility index (Phi) is 18.5. The molecular formula is C37H51FN7O4P. The Morgan fingerprint density at radius 3 is 2.24 bits per heavy atom. The van der Waals surface area contributed by atoms with Gasteiger partial charge in [-0.3, -0.25) is 9.36 Å². The topological polar surface area (TPSA) is 146 Å². The molecule has 13 heteroatoms. The molecule has 0 aliphatic heterocycles. The fourth-order valence-electron chi connectivity index (χ4n) is 4.62. The molecule has 2 heterocycles. The van der Waals surface area contributed by atoms with Crippen LogP contribution in [0.2, 0.25) is 0 Å². The van der Waals surface area contributed by atoms with Gasteiger partial charge in [0.1, 0.15) is 29.8 Å². The minimum Gasteiger partial charge on any atom is -0.431 e. The second-order valence-electron chi connectivity index (χ2n) is 11.5. The number of benzene rings is 1. The first-order chi connectivity index (χ1) is 24.3. The summed E-state index contributed by atoms with van der Waals surface area (Å²) in [6.45, 7) is 4.74. The van der Waals surface area contributed by atoms with E-state index < -0.39 is 19.4 Å². The number of rotatable bonds is 24. The van der Waals surface area contributed by atoms with Crippen LogP contribution in [0, 0.1) is 5.82 Å². The van der Waals surface area contributed by atoms with E-state index in [9.17, 15) is 13.8 Å².